The standard InChI is InChI=1S/C14H17NO3S2/c1-2-19-20-13-8-4-3-7-12(13)18-14(17)15-9-5-6-11(15)10-16/h3-4,7-8,10-11H,2,5-6,9H2,1H3/t11-/m0/s1. The number of hydrogen-bond acceptors (Lipinski definition) is 5. The van der Waals surface area contributed by atoms with Crippen molar-refractivity contribution in [1.29, 1.82) is 0 Å². The molecule has 1 aromatic rings. The van der Waals surface area contributed by atoms with Gasteiger partial charge in [-0.3, -0.25) is 4.90 Å². The Hall–Kier alpha value is -1.14. The van der Waals surface area contributed by atoms with Gasteiger partial charge >= 0.3 is 6.09 Å². The molecule has 1 aliphatic rings. The second kappa shape index (κ2) is 7.59. The number of nitrogens with zero attached hydrogens (tertiary/aromatic N) is 1. The Labute approximate surface area is 126 Å². The Morgan fingerprint density at radius 3 is 3.05 bits per heavy atom. The fourth-order valence-corrected chi connectivity index (χ4v) is 3.76. The number of hydrogen-bond donors (Lipinski definition) is 0. The third-order valence-electron chi connectivity index (χ3n) is 3.00. The van der Waals surface area contributed by atoms with Crippen molar-refractivity contribution in [3.05, 3.63) is 24.3 Å². The molecule has 1 aromatic carbocycles. The molecule has 1 fully saturated rings. The highest BCUT2D eigenvalue weighted by Crippen LogP contribution is 2.37. The van der Waals surface area contributed by atoms with Gasteiger partial charge in [-0.15, -0.1) is 0 Å². The quantitative estimate of drug-likeness (QED) is 0.614. The molecule has 0 unspecified atom stereocenters. The van der Waals surface area contributed by atoms with E-state index >= 15 is 0 Å². The van der Waals surface area contributed by atoms with Gasteiger partial charge in [0.1, 0.15) is 12.0 Å². The molecule has 0 N–H and O–H groups in total. The summed E-state index contributed by atoms with van der Waals surface area (Å²) >= 11 is 0. The van der Waals surface area contributed by atoms with Crippen LogP contribution in [0.2, 0.25) is 0 Å². The lowest BCUT2D eigenvalue weighted by Crippen LogP contribution is -2.38. The molecular weight excluding hydrogens is 294 g/mol. The van der Waals surface area contributed by atoms with E-state index in [0.717, 1.165) is 29.8 Å². The van der Waals surface area contributed by atoms with Crippen LogP contribution in [0.5, 0.6) is 5.75 Å². The van der Waals surface area contributed by atoms with Gasteiger partial charge in [0.2, 0.25) is 0 Å². The number of ether oxygens (including phenoxy) is 1. The molecule has 20 heavy (non-hydrogen) atoms. The first-order chi connectivity index (χ1) is 9.76. The molecule has 2 rings (SSSR count). The zero-order valence-electron chi connectivity index (χ0n) is 11.3. The van der Waals surface area contributed by atoms with Gasteiger partial charge in [-0.05, 0) is 25.0 Å². The van der Waals surface area contributed by atoms with Crippen LogP contribution in [-0.2, 0) is 4.79 Å². The number of aldehydes is 1. The van der Waals surface area contributed by atoms with E-state index in [9.17, 15) is 9.59 Å². The Balaban J connectivity index is 2.05. The van der Waals surface area contributed by atoms with E-state index in [1.165, 1.54) is 4.90 Å². The van der Waals surface area contributed by atoms with Crippen molar-refractivity contribution in [1.82, 2.24) is 4.90 Å². The summed E-state index contributed by atoms with van der Waals surface area (Å²) in [5.41, 5.74) is 0. The van der Waals surface area contributed by atoms with Gasteiger partial charge in [-0.2, -0.15) is 0 Å². The predicted octanol–water partition coefficient (Wildman–Crippen LogP) is 3.61. The number of likely N-dealkylation sites (tertiary alicyclic amines) is 1. The minimum absolute atomic E-state index is 0.340. The number of amides is 1. The van der Waals surface area contributed by atoms with Gasteiger partial charge in [0.25, 0.3) is 0 Å². The van der Waals surface area contributed by atoms with Crippen molar-refractivity contribution in [3.63, 3.8) is 0 Å². The third-order valence-corrected chi connectivity index (χ3v) is 5.47. The van der Waals surface area contributed by atoms with E-state index < -0.39 is 6.09 Å². The van der Waals surface area contributed by atoms with Crippen molar-refractivity contribution in [3.8, 4) is 5.75 Å². The van der Waals surface area contributed by atoms with Gasteiger partial charge in [-0.25, -0.2) is 4.79 Å². The lowest BCUT2D eigenvalue weighted by molar-refractivity contribution is -0.111. The lowest BCUT2D eigenvalue weighted by atomic mass is 10.2. The van der Waals surface area contributed by atoms with Crippen molar-refractivity contribution in [2.24, 2.45) is 0 Å². The summed E-state index contributed by atoms with van der Waals surface area (Å²) in [6, 6.07) is 7.12. The summed E-state index contributed by atoms with van der Waals surface area (Å²) < 4.78 is 5.45. The Kier molecular flexibility index (Phi) is 5.79. The summed E-state index contributed by atoms with van der Waals surface area (Å²) in [4.78, 5) is 25.5. The fourth-order valence-electron chi connectivity index (χ4n) is 2.04. The summed E-state index contributed by atoms with van der Waals surface area (Å²) in [6.07, 6.45) is 1.96. The maximum atomic E-state index is 12.1. The van der Waals surface area contributed by atoms with E-state index in [1.807, 2.05) is 18.2 Å². The van der Waals surface area contributed by atoms with E-state index in [-0.39, 0.29) is 6.04 Å². The maximum Gasteiger partial charge on any atom is 0.415 e. The second-order valence-corrected chi connectivity index (χ2v) is 6.97. The Bertz CT molecular complexity index is 481. The fraction of sp³-hybridized carbons (Fsp3) is 0.429. The highest BCUT2D eigenvalue weighted by atomic mass is 33.1. The molecule has 0 saturated carbocycles. The van der Waals surface area contributed by atoms with Crippen LogP contribution in [0, 0.1) is 0 Å². The molecule has 1 atom stereocenters. The Morgan fingerprint density at radius 1 is 1.50 bits per heavy atom. The normalized spacial score (nSPS) is 18.1. The van der Waals surface area contributed by atoms with E-state index in [4.69, 9.17) is 4.74 Å². The minimum Gasteiger partial charge on any atom is -0.409 e. The minimum atomic E-state index is -0.436. The maximum absolute atomic E-state index is 12.1. The largest absolute Gasteiger partial charge is 0.415 e. The summed E-state index contributed by atoms with van der Waals surface area (Å²) in [5.74, 6) is 1.53. The molecule has 0 spiro atoms. The zero-order valence-corrected chi connectivity index (χ0v) is 12.9. The molecule has 0 aromatic heterocycles. The first kappa shape index (κ1) is 15.3. The van der Waals surface area contributed by atoms with E-state index in [0.29, 0.717) is 12.3 Å². The van der Waals surface area contributed by atoms with Gasteiger partial charge in [-0.1, -0.05) is 40.6 Å². The molecule has 0 bridgehead atoms. The SMILES string of the molecule is CCSSc1ccccc1OC(=O)N1CCC[C@H]1C=O. The molecule has 1 saturated heterocycles. The average Bonchev–Trinajstić information content (AvgIpc) is 2.95. The van der Waals surface area contributed by atoms with Crippen LogP contribution in [0.3, 0.4) is 0 Å². The second-order valence-electron chi connectivity index (χ2n) is 4.34. The molecule has 1 aliphatic heterocycles. The van der Waals surface area contributed by atoms with Crippen LogP contribution < -0.4 is 4.74 Å². The van der Waals surface area contributed by atoms with Gasteiger partial charge < -0.3 is 9.53 Å². The van der Waals surface area contributed by atoms with Crippen LogP contribution in [0.25, 0.3) is 0 Å². The number of carbonyl (C=O) groups is 2. The molecule has 0 aliphatic carbocycles. The molecule has 0 radical (unpaired) electrons. The Morgan fingerprint density at radius 2 is 2.30 bits per heavy atom. The van der Waals surface area contributed by atoms with Crippen molar-refractivity contribution < 1.29 is 14.3 Å². The molecule has 4 nitrogen and oxygen atoms in total. The van der Waals surface area contributed by atoms with Crippen LogP contribution in [-0.4, -0.2) is 35.6 Å². The lowest BCUT2D eigenvalue weighted by Gasteiger charge is -2.20. The van der Waals surface area contributed by atoms with Gasteiger partial charge in [0, 0.05) is 12.3 Å². The highest BCUT2D eigenvalue weighted by Gasteiger charge is 2.30. The first-order valence-corrected chi connectivity index (χ1v) is 8.90. The molecule has 1 heterocycles. The monoisotopic (exact) mass is 311 g/mol. The van der Waals surface area contributed by atoms with Crippen LogP contribution in [0.1, 0.15) is 19.8 Å². The van der Waals surface area contributed by atoms with Crippen molar-refractivity contribution in [2.45, 2.75) is 30.7 Å². The number of rotatable bonds is 5. The number of benzene rings is 1. The zero-order chi connectivity index (χ0) is 14.4. The van der Waals surface area contributed by atoms with Gasteiger partial charge in [0.05, 0.1) is 10.9 Å². The average molecular weight is 311 g/mol. The smallest absolute Gasteiger partial charge is 0.409 e. The number of para-hydroxylation sites is 1. The van der Waals surface area contributed by atoms with Crippen molar-refractivity contribution in [2.75, 3.05) is 12.3 Å². The topological polar surface area (TPSA) is 46.6 Å². The van der Waals surface area contributed by atoms with Crippen LogP contribution in [0.4, 0.5) is 4.79 Å². The summed E-state index contributed by atoms with van der Waals surface area (Å²) in [5, 5.41) is 0. The van der Waals surface area contributed by atoms with E-state index in [2.05, 4.69) is 6.92 Å². The molecule has 108 valence electrons. The number of carbonyl (C=O) groups excluding carboxylic acids is 2. The van der Waals surface area contributed by atoms with Gasteiger partial charge in [0.15, 0.2) is 0 Å². The van der Waals surface area contributed by atoms with E-state index in [1.54, 1.807) is 27.7 Å². The predicted molar refractivity (Wildman–Crippen MR) is 82.2 cm³/mol. The third kappa shape index (κ3) is 3.70. The molecular formula is C14H17NO3S2. The summed E-state index contributed by atoms with van der Waals surface area (Å²) in [6.45, 7) is 2.66. The highest BCUT2D eigenvalue weighted by molar-refractivity contribution is 8.76. The van der Waals surface area contributed by atoms with Crippen molar-refractivity contribution >= 4 is 34.0 Å². The van der Waals surface area contributed by atoms with Crippen LogP contribution >= 0.6 is 21.6 Å². The summed E-state index contributed by atoms with van der Waals surface area (Å²) in [7, 11) is 3.28. The van der Waals surface area contributed by atoms with Crippen LogP contribution in [0.15, 0.2) is 29.2 Å². The first-order valence-electron chi connectivity index (χ1n) is 6.58. The molecule has 1 amide bonds. The molecule has 6 heteroatoms.